The van der Waals surface area contributed by atoms with Gasteiger partial charge in [0.25, 0.3) is 0 Å². The van der Waals surface area contributed by atoms with E-state index in [1.807, 2.05) is 0 Å². The molecule has 30 heavy (non-hydrogen) atoms. The lowest BCUT2D eigenvalue weighted by molar-refractivity contribution is -0.137. The summed E-state index contributed by atoms with van der Waals surface area (Å²) >= 11 is 0. The third-order valence-electron chi connectivity index (χ3n) is 4.41. The number of benzene rings is 2. The maximum atomic E-state index is 14.5. The van der Waals surface area contributed by atoms with Gasteiger partial charge in [-0.05, 0) is 37.3 Å². The van der Waals surface area contributed by atoms with Crippen molar-refractivity contribution in [2.24, 2.45) is 0 Å². The lowest BCUT2D eigenvalue weighted by Gasteiger charge is -2.19. The lowest BCUT2D eigenvalue weighted by Crippen LogP contribution is -2.15. The third kappa shape index (κ3) is 3.80. The fourth-order valence-corrected chi connectivity index (χ4v) is 3.02. The Bertz CT molecular complexity index is 1120. The topological polar surface area (TPSA) is 82.3 Å². The van der Waals surface area contributed by atoms with Gasteiger partial charge in [0, 0.05) is 17.3 Å². The number of fused-ring (bicyclic) bond motifs is 1. The van der Waals surface area contributed by atoms with Gasteiger partial charge in [0.15, 0.2) is 17.3 Å². The van der Waals surface area contributed by atoms with Crippen molar-refractivity contribution in [2.45, 2.75) is 13.1 Å². The van der Waals surface area contributed by atoms with Gasteiger partial charge >= 0.3 is 6.18 Å². The van der Waals surface area contributed by atoms with Crippen LogP contribution in [-0.4, -0.2) is 23.2 Å². The molecule has 0 amide bonds. The van der Waals surface area contributed by atoms with Crippen LogP contribution in [0, 0.1) is 12.7 Å². The first kappa shape index (κ1) is 19.7. The molecule has 3 aromatic rings. The number of hydrogen-bond donors (Lipinski definition) is 2. The molecular weight excluding hydrogens is 404 g/mol. The lowest BCUT2D eigenvalue weighted by atomic mass is 10.1. The molecular formula is C20H16F4N4O2. The van der Waals surface area contributed by atoms with E-state index >= 15 is 0 Å². The molecule has 0 spiro atoms. The van der Waals surface area contributed by atoms with Crippen molar-refractivity contribution in [1.82, 2.24) is 9.97 Å². The summed E-state index contributed by atoms with van der Waals surface area (Å²) in [6.45, 7) is 2.45. The minimum Gasteiger partial charge on any atom is -0.486 e. The molecule has 2 heterocycles. The number of rotatable bonds is 3. The molecule has 0 bridgehead atoms. The number of ether oxygens (including phenoxy) is 2. The average molecular weight is 420 g/mol. The number of alkyl halides is 3. The first-order chi connectivity index (χ1) is 14.2. The Balaban J connectivity index is 1.71. The van der Waals surface area contributed by atoms with Crippen LogP contribution < -0.4 is 20.5 Å². The van der Waals surface area contributed by atoms with Crippen LogP contribution in [0.2, 0.25) is 0 Å². The number of aryl methyl sites for hydroxylation is 1. The van der Waals surface area contributed by atoms with Gasteiger partial charge in [0.05, 0.1) is 5.56 Å². The van der Waals surface area contributed by atoms with Crippen LogP contribution in [0.3, 0.4) is 0 Å². The molecule has 10 heteroatoms. The number of nitrogens with zero attached hydrogens (tertiary/aromatic N) is 2. The number of anilines is 3. The van der Waals surface area contributed by atoms with Crippen LogP contribution in [0.15, 0.2) is 36.4 Å². The minimum absolute atomic E-state index is 0.00542. The first-order valence-electron chi connectivity index (χ1n) is 8.90. The largest absolute Gasteiger partial charge is 0.486 e. The molecule has 1 aromatic heterocycles. The summed E-state index contributed by atoms with van der Waals surface area (Å²) < 4.78 is 63.9. The zero-order valence-corrected chi connectivity index (χ0v) is 15.7. The molecule has 3 N–H and O–H groups in total. The molecule has 0 unspecified atom stereocenters. The van der Waals surface area contributed by atoms with E-state index in [0.29, 0.717) is 36.5 Å². The van der Waals surface area contributed by atoms with E-state index in [4.69, 9.17) is 15.2 Å². The third-order valence-corrected chi connectivity index (χ3v) is 4.41. The van der Waals surface area contributed by atoms with Crippen molar-refractivity contribution < 1.29 is 27.0 Å². The minimum atomic E-state index is -4.66. The van der Waals surface area contributed by atoms with E-state index in [9.17, 15) is 17.6 Å². The second-order valence-electron chi connectivity index (χ2n) is 6.56. The molecule has 156 valence electrons. The molecule has 1 aliphatic heterocycles. The van der Waals surface area contributed by atoms with Gasteiger partial charge in [-0.1, -0.05) is 0 Å². The molecule has 0 aliphatic carbocycles. The van der Waals surface area contributed by atoms with Crippen molar-refractivity contribution in [3.8, 4) is 22.8 Å². The molecule has 1 aliphatic rings. The molecule has 0 saturated heterocycles. The average Bonchev–Trinajstić information content (AvgIpc) is 2.70. The Morgan fingerprint density at radius 1 is 1.00 bits per heavy atom. The van der Waals surface area contributed by atoms with Crippen LogP contribution in [-0.2, 0) is 6.18 Å². The van der Waals surface area contributed by atoms with Gasteiger partial charge in [-0.2, -0.15) is 13.2 Å². The van der Waals surface area contributed by atoms with Crippen molar-refractivity contribution in [1.29, 1.82) is 0 Å². The van der Waals surface area contributed by atoms with E-state index < -0.39 is 17.6 Å². The molecule has 0 atom stereocenters. The highest BCUT2D eigenvalue weighted by Gasteiger charge is 2.31. The van der Waals surface area contributed by atoms with Crippen molar-refractivity contribution in [2.75, 3.05) is 24.3 Å². The smallest absolute Gasteiger partial charge is 0.416 e. The second-order valence-corrected chi connectivity index (χ2v) is 6.56. The molecule has 0 fully saturated rings. The Kier molecular flexibility index (Phi) is 4.84. The van der Waals surface area contributed by atoms with E-state index in [2.05, 4.69) is 15.3 Å². The maximum absolute atomic E-state index is 14.5. The van der Waals surface area contributed by atoms with Gasteiger partial charge in [0.2, 0.25) is 0 Å². The zero-order valence-electron chi connectivity index (χ0n) is 15.7. The van der Waals surface area contributed by atoms with Gasteiger partial charge in [-0.25, -0.2) is 14.4 Å². The Morgan fingerprint density at radius 2 is 1.73 bits per heavy atom. The quantitative estimate of drug-likeness (QED) is 0.598. The number of nitrogens with two attached hydrogens (primary N) is 1. The molecule has 0 radical (unpaired) electrons. The highest BCUT2D eigenvalue weighted by molar-refractivity contribution is 5.83. The number of nitrogen functional groups attached to an aromatic ring is 1. The Hall–Kier alpha value is -3.56. The molecule has 4 rings (SSSR count). The number of aromatic nitrogens is 2. The van der Waals surface area contributed by atoms with E-state index in [1.54, 1.807) is 25.1 Å². The van der Waals surface area contributed by atoms with Crippen LogP contribution in [0.4, 0.5) is 34.8 Å². The monoisotopic (exact) mass is 420 g/mol. The number of hydrogen-bond acceptors (Lipinski definition) is 6. The fraction of sp³-hybridized carbons (Fsp3) is 0.200. The van der Waals surface area contributed by atoms with E-state index in [0.717, 1.165) is 12.1 Å². The zero-order chi connectivity index (χ0) is 21.5. The predicted molar refractivity (Wildman–Crippen MR) is 102 cm³/mol. The van der Waals surface area contributed by atoms with Gasteiger partial charge in [0.1, 0.15) is 36.2 Å². The summed E-state index contributed by atoms with van der Waals surface area (Å²) in [6, 6.07) is 7.34. The summed E-state index contributed by atoms with van der Waals surface area (Å²) in [5.74, 6) is 0.516. The number of nitrogens with one attached hydrogen (secondary N) is 1. The molecule has 2 aromatic carbocycles. The van der Waals surface area contributed by atoms with Gasteiger partial charge in [-0.15, -0.1) is 0 Å². The Morgan fingerprint density at radius 3 is 2.43 bits per heavy atom. The first-order valence-corrected chi connectivity index (χ1v) is 8.90. The summed E-state index contributed by atoms with van der Waals surface area (Å²) in [7, 11) is 0. The standard InChI is InChI=1S/C20H16F4N4O2/c1-10-26-18(13-4-2-11(8-14(13)21)20(22,23)24)17(25)19(27-10)28-12-3-5-15-16(9-12)30-7-6-29-15/h2-5,8-9H,6-7,25H2,1H3,(H,26,27,28). The normalized spacial score (nSPS) is 13.2. The maximum Gasteiger partial charge on any atom is 0.416 e. The SMILES string of the molecule is Cc1nc(Nc2ccc3c(c2)OCCO3)c(N)c(-c2ccc(C(F)(F)F)cc2F)n1. The van der Waals surface area contributed by atoms with Crippen LogP contribution in [0.5, 0.6) is 11.5 Å². The highest BCUT2D eigenvalue weighted by atomic mass is 19.4. The molecule has 6 nitrogen and oxygen atoms in total. The number of halogens is 4. The van der Waals surface area contributed by atoms with E-state index in [-0.39, 0.29) is 28.6 Å². The van der Waals surface area contributed by atoms with Gasteiger partial charge in [-0.3, -0.25) is 0 Å². The summed E-state index contributed by atoms with van der Waals surface area (Å²) in [5.41, 5.74) is 5.45. The van der Waals surface area contributed by atoms with Gasteiger partial charge < -0.3 is 20.5 Å². The van der Waals surface area contributed by atoms with E-state index in [1.165, 1.54) is 0 Å². The second kappa shape index (κ2) is 7.36. The molecule has 0 saturated carbocycles. The van der Waals surface area contributed by atoms with Crippen LogP contribution in [0.25, 0.3) is 11.3 Å². The fourth-order valence-electron chi connectivity index (χ4n) is 3.02. The summed E-state index contributed by atoms with van der Waals surface area (Å²) in [5, 5.41) is 3.01. The van der Waals surface area contributed by atoms with Crippen molar-refractivity contribution >= 4 is 17.2 Å². The highest BCUT2D eigenvalue weighted by Crippen LogP contribution is 2.37. The predicted octanol–water partition coefficient (Wildman–Crippen LogP) is 4.71. The van der Waals surface area contributed by atoms with Crippen molar-refractivity contribution in [3.05, 3.63) is 53.6 Å². The van der Waals surface area contributed by atoms with Crippen LogP contribution in [0.1, 0.15) is 11.4 Å². The van der Waals surface area contributed by atoms with Crippen LogP contribution >= 0.6 is 0 Å². The Labute approximate surface area is 168 Å². The summed E-state index contributed by atoms with van der Waals surface area (Å²) in [6.07, 6.45) is -4.66. The van der Waals surface area contributed by atoms with Crippen molar-refractivity contribution in [3.63, 3.8) is 0 Å². The summed E-state index contributed by atoms with van der Waals surface area (Å²) in [4.78, 5) is 8.36.